The number of carbonyl (C=O) groups is 3. The molecule has 0 bridgehead atoms. The van der Waals surface area contributed by atoms with Gasteiger partial charge in [-0.1, -0.05) is 68.4 Å². The average molecular weight is 507 g/mol. The van der Waals surface area contributed by atoms with Crippen molar-refractivity contribution in [3.05, 3.63) is 107 Å². The Hall–Kier alpha value is -4.19. The molecule has 38 heavy (non-hydrogen) atoms. The van der Waals surface area contributed by atoms with Crippen molar-refractivity contribution in [1.29, 1.82) is 0 Å². The monoisotopic (exact) mass is 506 g/mol. The summed E-state index contributed by atoms with van der Waals surface area (Å²) in [7, 11) is 0. The maximum atomic E-state index is 15.6. The molecule has 0 amide bonds. The van der Waals surface area contributed by atoms with Crippen LogP contribution in [0.5, 0.6) is 0 Å². The Morgan fingerprint density at radius 2 is 1.47 bits per heavy atom. The molecule has 190 valence electrons. The van der Waals surface area contributed by atoms with Crippen molar-refractivity contribution in [3.8, 4) is 0 Å². The molecule has 2 atom stereocenters. The maximum Gasteiger partial charge on any atom is 0.199 e. The fraction of sp³-hybridized carbons (Fsp3) is 0.250. The van der Waals surface area contributed by atoms with Gasteiger partial charge in [-0.15, -0.1) is 0 Å². The Morgan fingerprint density at radius 1 is 0.868 bits per heavy atom. The van der Waals surface area contributed by atoms with Crippen LogP contribution < -0.4 is 4.90 Å². The van der Waals surface area contributed by atoms with Crippen molar-refractivity contribution in [2.75, 3.05) is 4.90 Å². The van der Waals surface area contributed by atoms with Gasteiger partial charge in [0.2, 0.25) is 0 Å². The molecule has 1 heterocycles. The lowest BCUT2D eigenvalue weighted by atomic mass is 9.67. The summed E-state index contributed by atoms with van der Waals surface area (Å²) in [6.45, 7) is 5.79. The van der Waals surface area contributed by atoms with Gasteiger partial charge in [0, 0.05) is 34.5 Å². The summed E-state index contributed by atoms with van der Waals surface area (Å²) >= 11 is 0. The van der Waals surface area contributed by atoms with Gasteiger partial charge in [0.1, 0.15) is 11.6 Å². The molecule has 6 heteroatoms. The van der Waals surface area contributed by atoms with Crippen molar-refractivity contribution >= 4 is 34.4 Å². The molecular formula is C32H27FN2O3. The Kier molecular flexibility index (Phi) is 5.53. The first kappa shape index (κ1) is 24.2. The summed E-state index contributed by atoms with van der Waals surface area (Å²) in [6.07, 6.45) is 0.903. The van der Waals surface area contributed by atoms with Crippen molar-refractivity contribution in [2.24, 2.45) is 16.3 Å². The Balaban J connectivity index is 1.65. The summed E-state index contributed by atoms with van der Waals surface area (Å²) < 4.78 is 15.6. The molecule has 1 aliphatic heterocycles. The van der Waals surface area contributed by atoms with E-state index < -0.39 is 17.8 Å². The Bertz CT molecular complexity index is 1560. The first-order valence-corrected chi connectivity index (χ1v) is 12.8. The van der Waals surface area contributed by atoms with Crippen LogP contribution in [0, 0.1) is 17.2 Å². The number of halogens is 1. The quantitative estimate of drug-likeness (QED) is 0.283. The minimum absolute atomic E-state index is 0.0313. The number of Topliss-reactive ketones (excluding diaryl/α,β-unsaturated/α-hetero) is 3. The van der Waals surface area contributed by atoms with E-state index in [1.807, 2.05) is 43.0 Å². The number of fused-ring (bicyclic) bond motifs is 3. The van der Waals surface area contributed by atoms with Crippen LogP contribution in [0.4, 0.5) is 15.8 Å². The molecule has 6 rings (SSSR count). The molecule has 5 nitrogen and oxygen atoms in total. The van der Waals surface area contributed by atoms with Crippen LogP contribution in [-0.2, 0) is 4.79 Å². The first-order valence-electron chi connectivity index (χ1n) is 12.8. The van der Waals surface area contributed by atoms with Gasteiger partial charge in [-0.25, -0.2) is 4.39 Å². The molecule has 0 radical (unpaired) electrons. The van der Waals surface area contributed by atoms with Crippen LogP contribution in [0.25, 0.3) is 0 Å². The summed E-state index contributed by atoms with van der Waals surface area (Å²) in [5.74, 6) is -1.96. The number of rotatable bonds is 2. The smallest absolute Gasteiger partial charge is 0.199 e. The average Bonchev–Trinajstić information content (AvgIpc) is 3.04. The van der Waals surface area contributed by atoms with E-state index in [9.17, 15) is 14.4 Å². The second kappa shape index (κ2) is 8.69. The predicted octanol–water partition coefficient (Wildman–Crippen LogP) is 6.82. The molecule has 0 spiro atoms. The number of anilines is 1. The lowest BCUT2D eigenvalue weighted by Crippen LogP contribution is -2.45. The molecule has 2 aliphatic carbocycles. The first-order chi connectivity index (χ1) is 18.2. The van der Waals surface area contributed by atoms with Crippen molar-refractivity contribution in [2.45, 2.75) is 39.7 Å². The third kappa shape index (κ3) is 3.66. The van der Waals surface area contributed by atoms with E-state index in [1.165, 1.54) is 6.07 Å². The fourth-order valence-electron chi connectivity index (χ4n) is 6.24. The van der Waals surface area contributed by atoms with E-state index in [1.54, 1.807) is 49.4 Å². The summed E-state index contributed by atoms with van der Waals surface area (Å²) in [6, 6.07) is 19.8. The normalized spacial score (nSPS) is 21.9. The SMILES string of the molecule is CC(=C1C(=O)c2ccccc2C1=O)N1c2ccccc2N=C2CC(C)(C)CC(=O)C2C1c1ccccc1F. The van der Waals surface area contributed by atoms with Crippen LogP contribution >= 0.6 is 0 Å². The molecular weight excluding hydrogens is 479 g/mol. The van der Waals surface area contributed by atoms with E-state index in [0.29, 0.717) is 52.3 Å². The number of benzene rings is 3. The highest BCUT2D eigenvalue weighted by Gasteiger charge is 2.48. The van der Waals surface area contributed by atoms with Crippen molar-refractivity contribution in [1.82, 2.24) is 0 Å². The molecule has 1 fully saturated rings. The standard InChI is InChI=1S/C32H27FN2O3/c1-18(27-30(37)19-10-4-5-11-20(19)31(27)38)35-25-15-9-8-14-23(25)34-24-16-32(2,3)17-26(36)28(24)29(35)21-12-6-7-13-22(21)33/h4-15,28-29H,16-17H2,1-3H3. The van der Waals surface area contributed by atoms with Gasteiger partial charge >= 0.3 is 0 Å². The molecule has 3 aromatic carbocycles. The summed E-state index contributed by atoms with van der Waals surface area (Å²) in [5.41, 5.74) is 3.09. The van der Waals surface area contributed by atoms with E-state index in [2.05, 4.69) is 0 Å². The largest absolute Gasteiger partial charge is 0.334 e. The van der Waals surface area contributed by atoms with Crippen LogP contribution in [-0.4, -0.2) is 23.1 Å². The number of para-hydroxylation sites is 2. The number of allylic oxidation sites excluding steroid dienone is 2. The second-order valence-corrected chi connectivity index (χ2v) is 11.1. The van der Waals surface area contributed by atoms with E-state index in [4.69, 9.17) is 4.99 Å². The van der Waals surface area contributed by atoms with Crippen molar-refractivity contribution in [3.63, 3.8) is 0 Å². The molecule has 1 saturated carbocycles. The highest BCUT2D eigenvalue weighted by molar-refractivity contribution is 6.40. The van der Waals surface area contributed by atoms with Gasteiger partial charge in [-0.2, -0.15) is 0 Å². The number of carbonyl (C=O) groups excluding carboxylic acids is 3. The van der Waals surface area contributed by atoms with E-state index in [-0.39, 0.29) is 28.3 Å². The number of nitrogens with zero attached hydrogens (tertiary/aromatic N) is 2. The van der Waals surface area contributed by atoms with Crippen LogP contribution in [0.15, 0.2) is 89.1 Å². The van der Waals surface area contributed by atoms with E-state index in [0.717, 1.165) is 0 Å². The van der Waals surface area contributed by atoms with Gasteiger partial charge in [0.05, 0.1) is 28.9 Å². The number of hydrogen-bond donors (Lipinski definition) is 0. The second-order valence-electron chi connectivity index (χ2n) is 11.1. The molecule has 3 aliphatic rings. The van der Waals surface area contributed by atoms with Crippen molar-refractivity contribution < 1.29 is 18.8 Å². The highest BCUT2D eigenvalue weighted by atomic mass is 19.1. The third-order valence-electron chi connectivity index (χ3n) is 7.84. The number of ketones is 3. The summed E-state index contributed by atoms with van der Waals surface area (Å²) in [4.78, 5) is 47.8. The molecule has 2 unspecified atom stereocenters. The van der Waals surface area contributed by atoms with Gasteiger partial charge in [-0.05, 0) is 37.0 Å². The Morgan fingerprint density at radius 3 is 2.16 bits per heavy atom. The maximum absolute atomic E-state index is 15.6. The van der Waals surface area contributed by atoms with E-state index >= 15 is 4.39 Å². The zero-order chi connectivity index (χ0) is 26.8. The zero-order valence-corrected chi connectivity index (χ0v) is 21.5. The van der Waals surface area contributed by atoms with Crippen LogP contribution in [0.2, 0.25) is 0 Å². The zero-order valence-electron chi connectivity index (χ0n) is 21.5. The minimum atomic E-state index is -0.820. The third-order valence-corrected chi connectivity index (χ3v) is 7.84. The molecule has 0 N–H and O–H groups in total. The molecule has 0 aromatic heterocycles. The summed E-state index contributed by atoms with van der Waals surface area (Å²) in [5, 5.41) is 0. The number of hydrogen-bond acceptors (Lipinski definition) is 5. The topological polar surface area (TPSA) is 66.8 Å². The van der Waals surface area contributed by atoms with Gasteiger partial charge < -0.3 is 4.90 Å². The lowest BCUT2D eigenvalue weighted by molar-refractivity contribution is -0.124. The number of aliphatic imine (C=N–C) groups is 1. The van der Waals surface area contributed by atoms with Gasteiger partial charge in [0.15, 0.2) is 11.6 Å². The van der Waals surface area contributed by atoms with Gasteiger partial charge in [-0.3, -0.25) is 19.4 Å². The fourth-order valence-corrected chi connectivity index (χ4v) is 6.24. The highest BCUT2D eigenvalue weighted by Crippen LogP contribution is 2.50. The lowest BCUT2D eigenvalue weighted by Gasteiger charge is -2.42. The van der Waals surface area contributed by atoms with Gasteiger partial charge in [0.25, 0.3) is 0 Å². The molecule has 0 saturated heterocycles. The van der Waals surface area contributed by atoms with Crippen LogP contribution in [0.3, 0.4) is 0 Å². The van der Waals surface area contributed by atoms with Crippen LogP contribution in [0.1, 0.15) is 65.9 Å². The minimum Gasteiger partial charge on any atom is -0.334 e. The molecule has 3 aromatic rings. The Labute approximate surface area is 220 Å². The predicted molar refractivity (Wildman–Crippen MR) is 144 cm³/mol.